The first-order valence-electron chi connectivity index (χ1n) is 6.44. The number of imidazole rings is 1. The number of carboxylic acid groups (broad SMARTS) is 1. The fourth-order valence-electron chi connectivity index (χ4n) is 2.11. The Morgan fingerprint density at radius 2 is 2.20 bits per heavy atom. The smallest absolute Gasteiger partial charge is 0.305 e. The second-order valence-electron chi connectivity index (χ2n) is 5.04. The largest absolute Gasteiger partial charge is 0.481 e. The van der Waals surface area contributed by atoms with Gasteiger partial charge in [-0.15, -0.1) is 0 Å². The van der Waals surface area contributed by atoms with E-state index < -0.39 is 5.97 Å². The molecule has 0 saturated heterocycles. The number of nitrogens with zero attached hydrogens (tertiary/aromatic N) is 3. The van der Waals surface area contributed by atoms with E-state index >= 15 is 0 Å². The van der Waals surface area contributed by atoms with Gasteiger partial charge < -0.3 is 9.67 Å². The van der Waals surface area contributed by atoms with E-state index in [0.717, 1.165) is 16.9 Å². The predicted octanol–water partition coefficient (Wildman–Crippen LogP) is 2.79. The number of carboxylic acids is 1. The zero-order valence-electron chi connectivity index (χ0n) is 11.8. The summed E-state index contributed by atoms with van der Waals surface area (Å²) in [7, 11) is 3.94. The molecular formula is C14H18ClN3O2. The third-order valence-electron chi connectivity index (χ3n) is 3.44. The van der Waals surface area contributed by atoms with Crippen LogP contribution in [-0.4, -0.2) is 39.6 Å². The summed E-state index contributed by atoms with van der Waals surface area (Å²) in [5.74, 6) is 0.0396. The van der Waals surface area contributed by atoms with Gasteiger partial charge in [0.1, 0.15) is 5.82 Å². The number of benzene rings is 1. The summed E-state index contributed by atoms with van der Waals surface area (Å²) < 4.78 is 1.96. The van der Waals surface area contributed by atoms with Crippen molar-refractivity contribution < 1.29 is 9.90 Å². The van der Waals surface area contributed by atoms with Crippen molar-refractivity contribution in [3.8, 4) is 0 Å². The molecule has 1 heterocycles. The molecule has 2 rings (SSSR count). The van der Waals surface area contributed by atoms with Gasteiger partial charge in [0.2, 0.25) is 0 Å². The Labute approximate surface area is 122 Å². The number of hydrogen-bond donors (Lipinski definition) is 1. The van der Waals surface area contributed by atoms with Gasteiger partial charge in [-0.2, -0.15) is 0 Å². The molecule has 0 aliphatic rings. The zero-order valence-corrected chi connectivity index (χ0v) is 12.6. The third kappa shape index (κ3) is 2.94. The van der Waals surface area contributed by atoms with Gasteiger partial charge in [0, 0.05) is 11.6 Å². The maximum atomic E-state index is 10.8. The summed E-state index contributed by atoms with van der Waals surface area (Å²) in [5, 5.41) is 9.53. The SMILES string of the molecule is CC(c1nc2cc(Cl)ccc2n1CCC(=O)O)N(C)C. The normalized spacial score (nSPS) is 13.1. The Kier molecular flexibility index (Phi) is 4.30. The van der Waals surface area contributed by atoms with E-state index in [0.29, 0.717) is 11.6 Å². The molecular weight excluding hydrogens is 278 g/mol. The molecule has 0 bridgehead atoms. The van der Waals surface area contributed by atoms with Crippen LogP contribution in [0.2, 0.25) is 5.02 Å². The van der Waals surface area contributed by atoms with Crippen LogP contribution in [0.4, 0.5) is 0 Å². The summed E-state index contributed by atoms with van der Waals surface area (Å²) >= 11 is 6.00. The molecule has 5 nitrogen and oxygen atoms in total. The van der Waals surface area contributed by atoms with Crippen LogP contribution in [0.15, 0.2) is 18.2 Å². The van der Waals surface area contributed by atoms with Crippen LogP contribution in [0.1, 0.15) is 25.2 Å². The van der Waals surface area contributed by atoms with E-state index in [1.807, 2.05) is 36.6 Å². The highest BCUT2D eigenvalue weighted by Gasteiger charge is 2.18. The fourth-order valence-corrected chi connectivity index (χ4v) is 2.28. The number of carbonyl (C=O) groups is 1. The van der Waals surface area contributed by atoms with Crippen molar-refractivity contribution >= 4 is 28.6 Å². The van der Waals surface area contributed by atoms with Crippen LogP contribution in [0.25, 0.3) is 11.0 Å². The summed E-state index contributed by atoms with van der Waals surface area (Å²) in [6, 6.07) is 5.58. The minimum absolute atomic E-state index is 0.0707. The van der Waals surface area contributed by atoms with E-state index in [4.69, 9.17) is 16.7 Å². The van der Waals surface area contributed by atoms with Gasteiger partial charge >= 0.3 is 5.97 Å². The lowest BCUT2D eigenvalue weighted by Crippen LogP contribution is -2.21. The summed E-state index contributed by atoms with van der Waals surface area (Å²) in [5.41, 5.74) is 1.71. The van der Waals surface area contributed by atoms with Crippen molar-refractivity contribution in [1.29, 1.82) is 0 Å². The van der Waals surface area contributed by atoms with Gasteiger partial charge in [0.25, 0.3) is 0 Å². The van der Waals surface area contributed by atoms with Gasteiger partial charge in [0.15, 0.2) is 0 Å². The molecule has 1 atom stereocenters. The topological polar surface area (TPSA) is 58.4 Å². The molecule has 1 N–H and O–H groups in total. The van der Waals surface area contributed by atoms with Crippen LogP contribution in [-0.2, 0) is 11.3 Å². The molecule has 1 aromatic carbocycles. The van der Waals surface area contributed by atoms with Crippen LogP contribution >= 0.6 is 11.6 Å². The lowest BCUT2D eigenvalue weighted by Gasteiger charge is -2.20. The molecule has 1 aromatic heterocycles. The molecule has 0 fully saturated rings. The van der Waals surface area contributed by atoms with Crippen molar-refractivity contribution in [2.75, 3.05) is 14.1 Å². The number of rotatable bonds is 5. The van der Waals surface area contributed by atoms with E-state index in [2.05, 4.69) is 4.98 Å². The van der Waals surface area contributed by atoms with Gasteiger partial charge in [-0.1, -0.05) is 11.6 Å². The number of halogens is 1. The van der Waals surface area contributed by atoms with Crippen LogP contribution in [0.3, 0.4) is 0 Å². The Morgan fingerprint density at radius 1 is 1.50 bits per heavy atom. The number of aliphatic carboxylic acids is 1. The molecule has 6 heteroatoms. The minimum atomic E-state index is -0.815. The van der Waals surface area contributed by atoms with E-state index in [1.165, 1.54) is 0 Å². The van der Waals surface area contributed by atoms with Crippen molar-refractivity contribution in [3.05, 3.63) is 29.0 Å². The number of aromatic nitrogens is 2. The molecule has 0 amide bonds. The highest BCUT2D eigenvalue weighted by molar-refractivity contribution is 6.31. The summed E-state index contributed by atoms with van der Waals surface area (Å²) in [4.78, 5) is 17.5. The maximum Gasteiger partial charge on any atom is 0.305 e. The molecule has 1 unspecified atom stereocenters. The monoisotopic (exact) mass is 295 g/mol. The Bertz CT molecular complexity index is 637. The lowest BCUT2D eigenvalue weighted by molar-refractivity contribution is -0.137. The first-order valence-corrected chi connectivity index (χ1v) is 6.82. The molecule has 108 valence electrons. The van der Waals surface area contributed by atoms with Gasteiger partial charge in [-0.3, -0.25) is 9.69 Å². The third-order valence-corrected chi connectivity index (χ3v) is 3.67. The van der Waals surface area contributed by atoms with E-state index in [-0.39, 0.29) is 12.5 Å². The fraction of sp³-hybridized carbons (Fsp3) is 0.429. The first kappa shape index (κ1) is 14.8. The molecule has 0 aliphatic heterocycles. The maximum absolute atomic E-state index is 10.8. The van der Waals surface area contributed by atoms with Crippen LogP contribution in [0, 0.1) is 0 Å². The number of fused-ring (bicyclic) bond motifs is 1. The molecule has 0 aliphatic carbocycles. The summed E-state index contributed by atoms with van der Waals surface area (Å²) in [6.45, 7) is 2.45. The highest BCUT2D eigenvalue weighted by atomic mass is 35.5. The van der Waals surface area contributed by atoms with Crippen LogP contribution in [0.5, 0.6) is 0 Å². The number of aryl methyl sites for hydroxylation is 1. The molecule has 20 heavy (non-hydrogen) atoms. The predicted molar refractivity (Wildman–Crippen MR) is 79.1 cm³/mol. The Hall–Kier alpha value is -1.59. The molecule has 0 spiro atoms. The number of hydrogen-bond acceptors (Lipinski definition) is 3. The van der Waals surface area contributed by atoms with Crippen molar-refractivity contribution in [1.82, 2.24) is 14.5 Å². The van der Waals surface area contributed by atoms with Gasteiger partial charge in [-0.05, 0) is 39.2 Å². The van der Waals surface area contributed by atoms with Crippen molar-refractivity contribution in [2.45, 2.75) is 25.9 Å². The molecule has 2 aromatic rings. The lowest BCUT2D eigenvalue weighted by atomic mass is 10.3. The average Bonchev–Trinajstić information content (AvgIpc) is 2.72. The molecule has 0 radical (unpaired) electrons. The average molecular weight is 296 g/mol. The molecule has 0 saturated carbocycles. The highest BCUT2D eigenvalue weighted by Crippen LogP contribution is 2.25. The van der Waals surface area contributed by atoms with Gasteiger partial charge in [-0.25, -0.2) is 4.98 Å². The first-order chi connectivity index (χ1) is 9.40. The minimum Gasteiger partial charge on any atom is -0.481 e. The summed E-state index contributed by atoms with van der Waals surface area (Å²) in [6.07, 6.45) is 0.0707. The van der Waals surface area contributed by atoms with Crippen molar-refractivity contribution in [2.24, 2.45) is 0 Å². The standard InChI is InChI=1S/C14H18ClN3O2/c1-9(17(2)3)14-16-11-8-10(15)4-5-12(11)18(14)7-6-13(19)20/h4-5,8-9H,6-7H2,1-3H3,(H,19,20). The zero-order chi connectivity index (χ0) is 14.9. The van der Waals surface area contributed by atoms with E-state index in [1.54, 1.807) is 12.1 Å². The quantitative estimate of drug-likeness (QED) is 0.921. The second-order valence-corrected chi connectivity index (χ2v) is 5.47. The van der Waals surface area contributed by atoms with Gasteiger partial charge in [0.05, 0.1) is 23.5 Å². The Morgan fingerprint density at radius 3 is 2.80 bits per heavy atom. The Balaban J connectivity index is 2.53. The van der Waals surface area contributed by atoms with Crippen LogP contribution < -0.4 is 0 Å². The second kappa shape index (κ2) is 5.81. The van der Waals surface area contributed by atoms with E-state index in [9.17, 15) is 4.79 Å². The van der Waals surface area contributed by atoms with Crippen molar-refractivity contribution in [3.63, 3.8) is 0 Å².